The van der Waals surface area contributed by atoms with E-state index in [1.165, 1.54) is 36.5 Å². The number of rotatable bonds is 6. The van der Waals surface area contributed by atoms with Crippen LogP contribution in [0.5, 0.6) is 0 Å². The summed E-state index contributed by atoms with van der Waals surface area (Å²) in [5.41, 5.74) is 2.53. The van der Waals surface area contributed by atoms with Gasteiger partial charge >= 0.3 is 0 Å². The van der Waals surface area contributed by atoms with E-state index in [1.807, 2.05) is 7.05 Å². The summed E-state index contributed by atoms with van der Waals surface area (Å²) in [7, 11) is 1.82. The minimum absolute atomic E-state index is 0. The van der Waals surface area contributed by atoms with Gasteiger partial charge in [0.25, 0.3) is 0 Å². The van der Waals surface area contributed by atoms with Crippen LogP contribution in [-0.2, 0) is 12.0 Å². The highest BCUT2D eigenvalue weighted by atomic mass is 127. The average Bonchev–Trinajstić information content (AvgIpc) is 3.37. The number of thiazole rings is 1. The summed E-state index contributed by atoms with van der Waals surface area (Å²) >= 11 is 1.73. The van der Waals surface area contributed by atoms with Crippen molar-refractivity contribution >= 4 is 41.3 Å². The molecule has 0 aliphatic carbocycles. The number of aromatic nitrogens is 1. The zero-order valence-corrected chi connectivity index (χ0v) is 21.1. The van der Waals surface area contributed by atoms with E-state index in [4.69, 9.17) is 4.98 Å². The monoisotopic (exact) mass is 527 g/mol. The van der Waals surface area contributed by atoms with Crippen molar-refractivity contribution in [2.24, 2.45) is 4.99 Å². The van der Waals surface area contributed by atoms with Crippen LogP contribution in [0, 0.1) is 0 Å². The van der Waals surface area contributed by atoms with Crippen LogP contribution in [0.4, 0.5) is 0 Å². The van der Waals surface area contributed by atoms with Crippen molar-refractivity contribution in [2.75, 3.05) is 26.7 Å². The summed E-state index contributed by atoms with van der Waals surface area (Å²) in [6.45, 7) is 10.5. The molecular weight excluding hydrogens is 493 g/mol. The highest BCUT2D eigenvalue weighted by Gasteiger charge is 2.23. The molecule has 1 atom stereocenters. The number of nitrogens with one attached hydrogen (secondary N) is 2. The Morgan fingerprint density at radius 3 is 2.45 bits per heavy atom. The Balaban J connectivity index is 0.00000300. The first-order valence-corrected chi connectivity index (χ1v) is 11.0. The van der Waals surface area contributed by atoms with Crippen LogP contribution in [-0.4, -0.2) is 42.5 Å². The maximum Gasteiger partial charge on any atom is 0.191 e. The van der Waals surface area contributed by atoms with E-state index in [9.17, 15) is 0 Å². The Morgan fingerprint density at radius 2 is 1.86 bits per heavy atom. The highest BCUT2D eigenvalue weighted by molar-refractivity contribution is 14.0. The second-order valence-corrected chi connectivity index (χ2v) is 9.23. The molecule has 0 amide bonds. The maximum atomic E-state index is 4.76. The van der Waals surface area contributed by atoms with E-state index in [0.717, 1.165) is 18.2 Å². The van der Waals surface area contributed by atoms with Crippen LogP contribution in [0.15, 0.2) is 40.7 Å². The lowest BCUT2D eigenvalue weighted by atomic mass is 9.98. The van der Waals surface area contributed by atoms with Gasteiger partial charge in [-0.3, -0.25) is 9.89 Å². The number of hydrogen-bond donors (Lipinski definition) is 2. The van der Waals surface area contributed by atoms with Crippen molar-refractivity contribution in [3.63, 3.8) is 0 Å². The van der Waals surface area contributed by atoms with Gasteiger partial charge in [-0.05, 0) is 31.5 Å². The fourth-order valence-corrected chi connectivity index (χ4v) is 4.41. The predicted octanol–water partition coefficient (Wildman–Crippen LogP) is 4.56. The van der Waals surface area contributed by atoms with Gasteiger partial charge in [-0.2, -0.15) is 0 Å². The van der Waals surface area contributed by atoms with Crippen molar-refractivity contribution < 1.29 is 0 Å². The third-order valence-corrected chi connectivity index (χ3v) is 6.40. The van der Waals surface area contributed by atoms with Gasteiger partial charge in [-0.1, -0.05) is 51.1 Å². The molecule has 2 N–H and O–H groups in total. The normalized spacial score (nSPS) is 16.3. The first-order chi connectivity index (χ1) is 13.5. The summed E-state index contributed by atoms with van der Waals surface area (Å²) in [6.07, 6.45) is 2.58. The number of guanidine groups is 1. The molecular formula is C22H34IN5S. The third kappa shape index (κ3) is 6.93. The fourth-order valence-electron chi connectivity index (χ4n) is 3.51. The largest absolute Gasteiger partial charge is 0.354 e. The van der Waals surface area contributed by atoms with Gasteiger partial charge in [0.15, 0.2) is 5.96 Å². The fraction of sp³-hybridized carbons (Fsp3) is 0.545. The van der Waals surface area contributed by atoms with E-state index >= 15 is 0 Å². The van der Waals surface area contributed by atoms with Crippen molar-refractivity contribution in [2.45, 2.75) is 51.6 Å². The SMILES string of the molecule is CN=C(NCc1csc(C(C)(C)C)n1)NCC(c1ccccc1)N1CCCC1.I. The second kappa shape index (κ2) is 11.3. The van der Waals surface area contributed by atoms with Gasteiger partial charge in [-0.15, -0.1) is 35.3 Å². The molecule has 0 spiro atoms. The number of likely N-dealkylation sites (tertiary alicyclic amines) is 1. The summed E-state index contributed by atoms with van der Waals surface area (Å²) in [6, 6.07) is 11.2. The van der Waals surface area contributed by atoms with Crippen LogP contribution >= 0.6 is 35.3 Å². The molecule has 2 aromatic rings. The summed E-state index contributed by atoms with van der Waals surface area (Å²) in [5.74, 6) is 0.824. The molecule has 1 unspecified atom stereocenters. The van der Waals surface area contributed by atoms with E-state index in [2.05, 4.69) is 77.0 Å². The van der Waals surface area contributed by atoms with Crippen molar-refractivity contribution in [3.8, 4) is 0 Å². The molecule has 160 valence electrons. The van der Waals surface area contributed by atoms with Crippen LogP contribution in [0.1, 0.15) is 55.9 Å². The quantitative estimate of drug-likeness (QED) is 0.329. The molecule has 3 rings (SSSR count). The van der Waals surface area contributed by atoms with Gasteiger partial charge in [0.2, 0.25) is 0 Å². The summed E-state index contributed by atoms with van der Waals surface area (Å²) < 4.78 is 0. The Morgan fingerprint density at radius 1 is 1.17 bits per heavy atom. The smallest absolute Gasteiger partial charge is 0.191 e. The molecule has 1 aromatic heterocycles. The molecule has 7 heteroatoms. The lowest BCUT2D eigenvalue weighted by Gasteiger charge is -2.28. The lowest BCUT2D eigenvalue weighted by Crippen LogP contribution is -2.42. The van der Waals surface area contributed by atoms with Crippen molar-refractivity contribution in [3.05, 3.63) is 52.0 Å². The van der Waals surface area contributed by atoms with Crippen LogP contribution in [0.2, 0.25) is 0 Å². The first kappa shape index (κ1) is 24.1. The zero-order valence-electron chi connectivity index (χ0n) is 17.9. The molecule has 5 nitrogen and oxygen atoms in total. The first-order valence-electron chi connectivity index (χ1n) is 10.2. The van der Waals surface area contributed by atoms with Crippen molar-refractivity contribution in [1.82, 2.24) is 20.5 Å². The van der Waals surface area contributed by atoms with E-state index in [-0.39, 0.29) is 29.4 Å². The molecule has 0 radical (unpaired) electrons. The molecule has 0 saturated carbocycles. The van der Waals surface area contributed by atoms with Gasteiger partial charge in [0.1, 0.15) is 0 Å². The minimum atomic E-state index is 0. The van der Waals surface area contributed by atoms with Crippen molar-refractivity contribution in [1.29, 1.82) is 0 Å². The highest BCUT2D eigenvalue weighted by Crippen LogP contribution is 2.26. The molecule has 1 aromatic carbocycles. The van der Waals surface area contributed by atoms with Gasteiger partial charge in [0.05, 0.1) is 23.3 Å². The van der Waals surface area contributed by atoms with Crippen LogP contribution < -0.4 is 10.6 Å². The Labute approximate surface area is 196 Å². The van der Waals surface area contributed by atoms with Crippen LogP contribution in [0.25, 0.3) is 0 Å². The minimum Gasteiger partial charge on any atom is -0.354 e. The van der Waals surface area contributed by atoms with E-state index in [1.54, 1.807) is 11.3 Å². The molecule has 0 bridgehead atoms. The Bertz CT molecular complexity index is 763. The summed E-state index contributed by atoms with van der Waals surface area (Å²) in [4.78, 5) is 11.7. The number of halogens is 1. The molecule has 1 saturated heterocycles. The summed E-state index contributed by atoms with van der Waals surface area (Å²) in [5, 5.41) is 10.2. The molecule has 1 aliphatic rings. The van der Waals surface area contributed by atoms with Gasteiger partial charge < -0.3 is 10.6 Å². The van der Waals surface area contributed by atoms with Gasteiger partial charge in [-0.25, -0.2) is 4.98 Å². The molecule has 1 fully saturated rings. The number of nitrogens with zero attached hydrogens (tertiary/aromatic N) is 3. The maximum absolute atomic E-state index is 4.76. The molecule has 2 heterocycles. The number of aliphatic imine (C=N–C) groups is 1. The topological polar surface area (TPSA) is 52.6 Å². The molecule has 1 aliphatic heterocycles. The number of benzene rings is 1. The number of hydrogen-bond acceptors (Lipinski definition) is 4. The zero-order chi connectivity index (χ0) is 20.0. The Hall–Kier alpha value is -1.19. The van der Waals surface area contributed by atoms with E-state index < -0.39 is 0 Å². The van der Waals surface area contributed by atoms with Crippen LogP contribution in [0.3, 0.4) is 0 Å². The third-order valence-electron chi connectivity index (χ3n) is 5.08. The molecule has 29 heavy (non-hydrogen) atoms. The Kier molecular flexibility index (Phi) is 9.36. The van der Waals surface area contributed by atoms with Gasteiger partial charge in [0, 0.05) is 24.4 Å². The predicted molar refractivity (Wildman–Crippen MR) is 134 cm³/mol. The second-order valence-electron chi connectivity index (χ2n) is 8.37. The average molecular weight is 528 g/mol. The van der Waals surface area contributed by atoms with E-state index in [0.29, 0.717) is 12.6 Å². The lowest BCUT2D eigenvalue weighted by molar-refractivity contribution is 0.245. The standard InChI is InChI=1S/C22H33N5S.HI/c1-22(2,3)20-26-18(16-28-20)14-24-21(23-4)25-15-19(27-12-8-9-13-27)17-10-6-5-7-11-17;/h5-7,10-11,16,19H,8-9,12-15H2,1-4H3,(H2,23,24,25);1H.